The third kappa shape index (κ3) is 8.30. The first-order chi connectivity index (χ1) is 12.6. The van der Waals surface area contributed by atoms with Crippen molar-refractivity contribution in [3.05, 3.63) is 55.1 Å². The van der Waals surface area contributed by atoms with Crippen LogP contribution in [0.25, 0.3) is 0 Å². The summed E-state index contributed by atoms with van der Waals surface area (Å²) in [4.78, 5) is 14.1. The van der Waals surface area contributed by atoms with Crippen LogP contribution in [-0.4, -0.2) is 35.6 Å². The second kappa shape index (κ2) is 13.1. The number of rotatable bonds is 12. The highest BCUT2D eigenvalue weighted by molar-refractivity contribution is 7.80. The summed E-state index contributed by atoms with van der Waals surface area (Å²) < 4.78 is 5.72. The predicted octanol–water partition coefficient (Wildman–Crippen LogP) is 4.72. The highest BCUT2D eigenvalue weighted by Crippen LogP contribution is 2.13. The standard InChI is InChI=1S/C21H30N2O2S/c1-4-7-8-9-10-17-25-19-13-11-18(12-14-19)20(24)22-21(26)23(15-5-2)16-6-3/h5-6,11-14H,2-4,7-10,15-17H2,1H3,(H,22,24,26). The number of nitrogens with zero attached hydrogens (tertiary/aromatic N) is 1. The predicted molar refractivity (Wildman–Crippen MR) is 113 cm³/mol. The molecule has 0 bridgehead atoms. The molecule has 0 atom stereocenters. The average molecular weight is 375 g/mol. The maximum absolute atomic E-state index is 12.3. The van der Waals surface area contributed by atoms with E-state index in [0.29, 0.717) is 30.4 Å². The number of benzene rings is 1. The van der Waals surface area contributed by atoms with E-state index in [-0.39, 0.29) is 5.91 Å². The molecule has 0 aliphatic heterocycles. The van der Waals surface area contributed by atoms with Crippen LogP contribution in [0, 0.1) is 0 Å². The molecule has 0 radical (unpaired) electrons. The van der Waals surface area contributed by atoms with E-state index in [4.69, 9.17) is 17.0 Å². The third-order valence-electron chi connectivity index (χ3n) is 3.84. The van der Waals surface area contributed by atoms with E-state index in [1.54, 1.807) is 24.3 Å². The fourth-order valence-electron chi connectivity index (χ4n) is 2.40. The summed E-state index contributed by atoms with van der Waals surface area (Å²) >= 11 is 5.28. The Morgan fingerprint density at radius 3 is 2.31 bits per heavy atom. The lowest BCUT2D eigenvalue weighted by atomic mass is 10.2. The van der Waals surface area contributed by atoms with Crippen LogP contribution in [0.4, 0.5) is 0 Å². The van der Waals surface area contributed by atoms with Gasteiger partial charge in [-0.25, -0.2) is 0 Å². The van der Waals surface area contributed by atoms with E-state index >= 15 is 0 Å². The van der Waals surface area contributed by atoms with Gasteiger partial charge < -0.3 is 9.64 Å². The molecule has 1 amide bonds. The number of hydrogen-bond acceptors (Lipinski definition) is 3. The number of nitrogens with one attached hydrogen (secondary N) is 1. The van der Waals surface area contributed by atoms with Crippen LogP contribution in [0.2, 0.25) is 0 Å². The smallest absolute Gasteiger partial charge is 0.257 e. The Labute approximate surface area is 162 Å². The van der Waals surface area contributed by atoms with Crippen LogP contribution >= 0.6 is 12.2 Å². The summed E-state index contributed by atoms with van der Waals surface area (Å²) in [6.45, 7) is 11.4. The molecular weight excluding hydrogens is 344 g/mol. The van der Waals surface area contributed by atoms with Crippen LogP contribution < -0.4 is 10.1 Å². The van der Waals surface area contributed by atoms with Crippen LogP contribution in [0.5, 0.6) is 5.75 Å². The Morgan fingerprint density at radius 1 is 1.12 bits per heavy atom. The first-order valence-electron chi connectivity index (χ1n) is 9.17. The molecule has 26 heavy (non-hydrogen) atoms. The lowest BCUT2D eigenvalue weighted by Gasteiger charge is -2.22. The molecule has 0 unspecified atom stereocenters. The molecule has 0 aliphatic carbocycles. The number of carbonyl (C=O) groups is 1. The van der Waals surface area contributed by atoms with E-state index in [1.807, 2.05) is 17.0 Å². The Bertz CT molecular complexity index is 574. The van der Waals surface area contributed by atoms with Crippen LogP contribution in [0.15, 0.2) is 49.6 Å². The highest BCUT2D eigenvalue weighted by Gasteiger charge is 2.12. The SMILES string of the molecule is C=CCN(CC=C)C(=S)NC(=O)c1ccc(OCCCCCCC)cc1. The molecule has 0 fully saturated rings. The first-order valence-corrected chi connectivity index (χ1v) is 9.58. The molecule has 0 spiro atoms. The molecule has 0 saturated heterocycles. The molecule has 1 N–H and O–H groups in total. The summed E-state index contributed by atoms with van der Waals surface area (Å²) in [5, 5.41) is 3.10. The average Bonchev–Trinajstić information content (AvgIpc) is 2.64. The maximum atomic E-state index is 12.3. The van der Waals surface area contributed by atoms with Crippen molar-refractivity contribution in [1.82, 2.24) is 10.2 Å². The molecule has 142 valence electrons. The lowest BCUT2D eigenvalue weighted by molar-refractivity contribution is 0.0974. The molecule has 5 heteroatoms. The molecule has 0 saturated carbocycles. The van der Waals surface area contributed by atoms with Gasteiger partial charge in [0.15, 0.2) is 5.11 Å². The molecule has 1 aromatic rings. The number of ether oxygens (including phenoxy) is 1. The van der Waals surface area contributed by atoms with Gasteiger partial charge in [0.1, 0.15) is 5.75 Å². The topological polar surface area (TPSA) is 41.6 Å². The summed E-state index contributed by atoms with van der Waals surface area (Å²) in [6.07, 6.45) is 9.49. The molecule has 4 nitrogen and oxygen atoms in total. The first kappa shape index (κ1) is 21.9. The summed E-state index contributed by atoms with van der Waals surface area (Å²) in [6, 6.07) is 7.12. The van der Waals surface area contributed by atoms with Crippen molar-refractivity contribution in [1.29, 1.82) is 0 Å². The molecular formula is C21H30N2O2S. The van der Waals surface area contributed by atoms with Gasteiger partial charge >= 0.3 is 0 Å². The van der Waals surface area contributed by atoms with Crippen molar-refractivity contribution < 1.29 is 9.53 Å². The van der Waals surface area contributed by atoms with Gasteiger partial charge in [-0.3, -0.25) is 10.1 Å². The van der Waals surface area contributed by atoms with Gasteiger partial charge in [-0.05, 0) is 42.9 Å². The summed E-state index contributed by atoms with van der Waals surface area (Å²) in [5.74, 6) is 0.541. The molecule has 1 rings (SSSR count). The van der Waals surface area contributed by atoms with Crippen molar-refractivity contribution in [3.8, 4) is 5.75 Å². The molecule has 1 aromatic carbocycles. The monoisotopic (exact) mass is 374 g/mol. The van der Waals surface area contributed by atoms with Crippen molar-refractivity contribution in [2.45, 2.75) is 39.0 Å². The zero-order valence-electron chi connectivity index (χ0n) is 15.7. The Balaban J connectivity index is 2.46. The zero-order valence-corrected chi connectivity index (χ0v) is 16.5. The van der Waals surface area contributed by atoms with Gasteiger partial charge in [-0.15, -0.1) is 13.2 Å². The lowest BCUT2D eigenvalue weighted by Crippen LogP contribution is -2.42. The van der Waals surface area contributed by atoms with Crippen molar-refractivity contribution in [2.75, 3.05) is 19.7 Å². The molecule has 0 aliphatic rings. The van der Waals surface area contributed by atoms with Gasteiger partial charge in [0.2, 0.25) is 0 Å². The number of amides is 1. The van der Waals surface area contributed by atoms with Crippen molar-refractivity contribution >= 4 is 23.2 Å². The second-order valence-electron chi connectivity index (χ2n) is 6.03. The maximum Gasteiger partial charge on any atom is 0.257 e. The minimum Gasteiger partial charge on any atom is -0.494 e. The van der Waals surface area contributed by atoms with Crippen molar-refractivity contribution in [2.24, 2.45) is 0 Å². The Hall–Kier alpha value is -2.14. The highest BCUT2D eigenvalue weighted by atomic mass is 32.1. The number of unbranched alkanes of at least 4 members (excludes halogenated alkanes) is 4. The minimum absolute atomic E-state index is 0.237. The minimum atomic E-state index is -0.237. The van der Waals surface area contributed by atoms with Gasteiger partial charge in [0.25, 0.3) is 5.91 Å². The van der Waals surface area contributed by atoms with E-state index in [2.05, 4.69) is 25.4 Å². The van der Waals surface area contributed by atoms with Crippen LogP contribution in [-0.2, 0) is 0 Å². The second-order valence-corrected chi connectivity index (χ2v) is 6.42. The van der Waals surface area contributed by atoms with Gasteiger partial charge in [0.05, 0.1) is 6.61 Å². The summed E-state index contributed by atoms with van der Waals surface area (Å²) in [7, 11) is 0. The quantitative estimate of drug-likeness (QED) is 0.326. The fourth-order valence-corrected chi connectivity index (χ4v) is 2.64. The fraction of sp³-hybridized carbons (Fsp3) is 0.429. The molecule has 0 aromatic heterocycles. The van der Waals surface area contributed by atoms with E-state index in [0.717, 1.165) is 12.2 Å². The third-order valence-corrected chi connectivity index (χ3v) is 4.20. The van der Waals surface area contributed by atoms with Gasteiger partial charge in [-0.2, -0.15) is 0 Å². The van der Waals surface area contributed by atoms with E-state index in [1.165, 1.54) is 25.7 Å². The number of thiocarbonyl (C=S) groups is 1. The summed E-state index contributed by atoms with van der Waals surface area (Å²) in [5.41, 5.74) is 0.541. The normalized spacial score (nSPS) is 10.0. The van der Waals surface area contributed by atoms with Gasteiger partial charge in [-0.1, -0.05) is 44.8 Å². The largest absolute Gasteiger partial charge is 0.494 e. The van der Waals surface area contributed by atoms with E-state index in [9.17, 15) is 4.79 Å². The van der Waals surface area contributed by atoms with Crippen LogP contribution in [0.1, 0.15) is 49.4 Å². The Kier molecular flexibility index (Phi) is 11.0. The zero-order chi connectivity index (χ0) is 19.2. The molecule has 0 heterocycles. The number of carbonyl (C=O) groups excluding carboxylic acids is 1. The van der Waals surface area contributed by atoms with Crippen LogP contribution in [0.3, 0.4) is 0 Å². The number of hydrogen-bond donors (Lipinski definition) is 1. The van der Waals surface area contributed by atoms with Crippen molar-refractivity contribution in [3.63, 3.8) is 0 Å². The van der Waals surface area contributed by atoms with Gasteiger partial charge in [0, 0.05) is 18.7 Å². The van der Waals surface area contributed by atoms with E-state index < -0.39 is 0 Å². The Morgan fingerprint density at radius 2 is 1.73 bits per heavy atom.